The Labute approximate surface area is 156 Å². The van der Waals surface area contributed by atoms with Crippen LogP contribution in [0.2, 0.25) is 0 Å². The molecule has 1 heterocycles. The second-order valence-corrected chi connectivity index (χ2v) is 9.27. The van der Waals surface area contributed by atoms with Gasteiger partial charge in [0.1, 0.15) is 0 Å². The van der Waals surface area contributed by atoms with Gasteiger partial charge >= 0.3 is 0 Å². The molecule has 5 nitrogen and oxygen atoms in total. The smallest absolute Gasteiger partial charge is 0.243 e. The van der Waals surface area contributed by atoms with Gasteiger partial charge in [0.05, 0.1) is 4.90 Å². The molecular formula is C18H27N3O2S2. The van der Waals surface area contributed by atoms with Gasteiger partial charge < -0.3 is 10.6 Å². The number of piperidine rings is 1. The average molecular weight is 382 g/mol. The second kappa shape index (κ2) is 8.47. The van der Waals surface area contributed by atoms with Gasteiger partial charge in [0.15, 0.2) is 5.11 Å². The Hall–Kier alpha value is -1.18. The minimum absolute atomic E-state index is 0.353. The summed E-state index contributed by atoms with van der Waals surface area (Å²) in [4.78, 5) is 0.353. The zero-order chi connectivity index (χ0) is 17.7. The Balaban J connectivity index is 1.58. The molecule has 2 aliphatic rings. The Morgan fingerprint density at radius 2 is 1.56 bits per heavy atom. The Morgan fingerprint density at radius 1 is 0.960 bits per heavy atom. The van der Waals surface area contributed by atoms with Crippen molar-refractivity contribution in [2.45, 2.75) is 62.3 Å². The first-order valence-electron chi connectivity index (χ1n) is 9.23. The maximum absolute atomic E-state index is 12.7. The molecule has 1 aliphatic carbocycles. The summed E-state index contributed by atoms with van der Waals surface area (Å²) < 4.78 is 26.9. The van der Waals surface area contributed by atoms with Crippen molar-refractivity contribution in [3.8, 4) is 0 Å². The van der Waals surface area contributed by atoms with Gasteiger partial charge in [-0.05, 0) is 62.2 Å². The van der Waals surface area contributed by atoms with E-state index in [9.17, 15) is 8.42 Å². The molecule has 2 N–H and O–H groups in total. The minimum atomic E-state index is -3.37. The number of anilines is 1. The molecular weight excluding hydrogens is 354 g/mol. The highest BCUT2D eigenvalue weighted by molar-refractivity contribution is 7.89. The van der Waals surface area contributed by atoms with Gasteiger partial charge in [-0.3, -0.25) is 0 Å². The standard InChI is InChI=1S/C18H27N3O2S2/c22-25(23,21-13-5-2-6-14-21)17-11-9-16(10-12-17)20-18(24)19-15-7-3-1-4-8-15/h9-12,15H,1-8,13-14H2,(H2,19,20,24). The van der Waals surface area contributed by atoms with E-state index in [1.807, 2.05) is 0 Å². The van der Waals surface area contributed by atoms with Gasteiger partial charge in [0, 0.05) is 24.8 Å². The molecule has 1 saturated carbocycles. The number of hydrogen-bond acceptors (Lipinski definition) is 3. The van der Waals surface area contributed by atoms with Crippen LogP contribution in [0.15, 0.2) is 29.2 Å². The number of benzene rings is 1. The molecule has 25 heavy (non-hydrogen) atoms. The lowest BCUT2D eigenvalue weighted by atomic mass is 9.96. The molecule has 1 saturated heterocycles. The van der Waals surface area contributed by atoms with Crippen molar-refractivity contribution in [1.29, 1.82) is 0 Å². The first kappa shape index (κ1) is 18.6. The van der Waals surface area contributed by atoms with E-state index >= 15 is 0 Å². The van der Waals surface area contributed by atoms with Crippen LogP contribution < -0.4 is 10.6 Å². The molecule has 0 aromatic heterocycles. The van der Waals surface area contributed by atoms with E-state index in [4.69, 9.17) is 12.2 Å². The fourth-order valence-electron chi connectivity index (χ4n) is 3.56. The third kappa shape index (κ3) is 4.92. The van der Waals surface area contributed by atoms with Crippen molar-refractivity contribution in [3.63, 3.8) is 0 Å². The van der Waals surface area contributed by atoms with Crippen LogP contribution >= 0.6 is 12.2 Å². The van der Waals surface area contributed by atoms with E-state index in [0.717, 1.165) is 37.8 Å². The highest BCUT2D eigenvalue weighted by Crippen LogP contribution is 2.22. The van der Waals surface area contributed by atoms with E-state index in [1.54, 1.807) is 28.6 Å². The third-order valence-electron chi connectivity index (χ3n) is 5.01. The Kier molecular flexibility index (Phi) is 6.30. The van der Waals surface area contributed by atoms with Gasteiger partial charge in [-0.15, -0.1) is 0 Å². The monoisotopic (exact) mass is 381 g/mol. The number of thiocarbonyl (C=S) groups is 1. The van der Waals surface area contributed by atoms with Crippen LogP contribution in [-0.4, -0.2) is 37.0 Å². The topological polar surface area (TPSA) is 61.4 Å². The van der Waals surface area contributed by atoms with Gasteiger partial charge in [-0.1, -0.05) is 25.7 Å². The predicted octanol–water partition coefficient (Wildman–Crippen LogP) is 3.48. The molecule has 7 heteroatoms. The van der Waals surface area contributed by atoms with Crippen LogP contribution in [0, 0.1) is 0 Å². The number of rotatable bonds is 4. The number of sulfonamides is 1. The molecule has 0 amide bonds. The zero-order valence-electron chi connectivity index (χ0n) is 14.5. The summed E-state index contributed by atoms with van der Waals surface area (Å²) in [7, 11) is -3.37. The van der Waals surface area contributed by atoms with Crippen molar-refractivity contribution >= 4 is 33.0 Å². The summed E-state index contributed by atoms with van der Waals surface area (Å²) in [6, 6.07) is 7.34. The highest BCUT2D eigenvalue weighted by atomic mass is 32.2. The summed E-state index contributed by atoms with van der Waals surface area (Å²) in [5.41, 5.74) is 0.811. The molecule has 138 valence electrons. The average Bonchev–Trinajstić information content (AvgIpc) is 2.63. The summed E-state index contributed by atoms with van der Waals surface area (Å²) >= 11 is 5.38. The van der Waals surface area contributed by atoms with Crippen LogP contribution in [0.5, 0.6) is 0 Å². The molecule has 2 fully saturated rings. The summed E-state index contributed by atoms with van der Waals surface area (Å²) in [5, 5.41) is 7.13. The van der Waals surface area contributed by atoms with Gasteiger partial charge in [0.25, 0.3) is 0 Å². The van der Waals surface area contributed by atoms with Gasteiger partial charge in [0.2, 0.25) is 10.0 Å². The van der Waals surface area contributed by atoms with Gasteiger partial charge in [-0.25, -0.2) is 8.42 Å². The molecule has 0 radical (unpaired) electrons. The number of hydrogen-bond donors (Lipinski definition) is 2. The Bertz CT molecular complexity index is 677. The van der Waals surface area contributed by atoms with Crippen molar-refractivity contribution in [2.24, 2.45) is 0 Å². The van der Waals surface area contributed by atoms with Gasteiger partial charge in [-0.2, -0.15) is 4.31 Å². The summed E-state index contributed by atoms with van der Waals surface area (Å²) in [6.07, 6.45) is 9.14. The van der Waals surface area contributed by atoms with Crippen molar-refractivity contribution < 1.29 is 8.42 Å². The normalized spacial score (nSPS) is 20.2. The second-order valence-electron chi connectivity index (χ2n) is 6.92. The van der Waals surface area contributed by atoms with Crippen LogP contribution in [-0.2, 0) is 10.0 Å². The molecule has 1 aromatic rings. The van der Waals surface area contributed by atoms with Crippen molar-refractivity contribution in [3.05, 3.63) is 24.3 Å². The third-order valence-corrected chi connectivity index (χ3v) is 7.14. The van der Waals surface area contributed by atoms with E-state index in [2.05, 4.69) is 10.6 Å². The molecule has 3 rings (SSSR count). The quantitative estimate of drug-likeness (QED) is 0.782. The molecule has 1 aliphatic heterocycles. The predicted molar refractivity (Wildman–Crippen MR) is 105 cm³/mol. The number of nitrogens with one attached hydrogen (secondary N) is 2. The van der Waals surface area contributed by atoms with E-state index in [1.165, 1.54) is 19.3 Å². The van der Waals surface area contributed by atoms with Crippen molar-refractivity contribution in [1.82, 2.24) is 9.62 Å². The lowest BCUT2D eigenvalue weighted by Crippen LogP contribution is -2.38. The first-order chi connectivity index (χ1) is 12.1. The molecule has 0 atom stereocenters. The van der Waals surface area contributed by atoms with Crippen LogP contribution in [0.25, 0.3) is 0 Å². The molecule has 0 bridgehead atoms. The SMILES string of the molecule is O=S(=O)(c1ccc(NC(=S)NC2CCCCC2)cc1)N1CCCCC1. The van der Waals surface area contributed by atoms with E-state index in [0.29, 0.717) is 29.1 Å². The maximum Gasteiger partial charge on any atom is 0.243 e. The first-order valence-corrected chi connectivity index (χ1v) is 11.1. The fourth-order valence-corrected chi connectivity index (χ4v) is 5.37. The Morgan fingerprint density at radius 3 is 2.20 bits per heavy atom. The van der Waals surface area contributed by atoms with Crippen LogP contribution in [0.3, 0.4) is 0 Å². The zero-order valence-corrected chi connectivity index (χ0v) is 16.2. The molecule has 0 unspecified atom stereocenters. The van der Waals surface area contributed by atoms with Crippen molar-refractivity contribution in [2.75, 3.05) is 18.4 Å². The van der Waals surface area contributed by atoms with E-state index in [-0.39, 0.29) is 0 Å². The van der Waals surface area contributed by atoms with Crippen LogP contribution in [0.1, 0.15) is 51.4 Å². The fraction of sp³-hybridized carbons (Fsp3) is 0.611. The highest BCUT2D eigenvalue weighted by Gasteiger charge is 2.25. The van der Waals surface area contributed by atoms with E-state index < -0.39 is 10.0 Å². The maximum atomic E-state index is 12.7. The summed E-state index contributed by atoms with van der Waals surface area (Å²) in [6.45, 7) is 1.25. The lowest BCUT2D eigenvalue weighted by molar-refractivity contribution is 0.346. The molecule has 1 aromatic carbocycles. The van der Waals surface area contributed by atoms with Crippen LogP contribution in [0.4, 0.5) is 5.69 Å². The lowest BCUT2D eigenvalue weighted by Gasteiger charge is -2.26. The molecule has 0 spiro atoms. The largest absolute Gasteiger partial charge is 0.360 e. The summed E-state index contributed by atoms with van der Waals surface area (Å²) in [5.74, 6) is 0. The number of nitrogens with zero attached hydrogens (tertiary/aromatic N) is 1. The minimum Gasteiger partial charge on any atom is -0.360 e.